The number of piperidine rings is 1. The fourth-order valence-electron chi connectivity index (χ4n) is 2.73. The number of carbonyl (C=O) groups excluding carboxylic acids is 1. The van der Waals surface area contributed by atoms with Crippen LogP contribution in [-0.2, 0) is 9.59 Å². The average molecular weight is 303 g/mol. The molecule has 3 rings (SSSR count). The van der Waals surface area contributed by atoms with Crippen molar-refractivity contribution in [3.05, 3.63) is 29.8 Å². The van der Waals surface area contributed by atoms with Crippen LogP contribution < -0.4 is 9.47 Å². The Hall–Kier alpha value is -2.50. The molecular weight excluding hydrogens is 286 g/mol. The van der Waals surface area contributed by atoms with Gasteiger partial charge in [-0.25, -0.2) is 4.79 Å². The maximum absolute atomic E-state index is 12.2. The van der Waals surface area contributed by atoms with Gasteiger partial charge < -0.3 is 19.5 Å². The van der Waals surface area contributed by atoms with Gasteiger partial charge in [0.05, 0.1) is 0 Å². The molecule has 116 valence electrons. The lowest BCUT2D eigenvalue weighted by atomic mass is 10.0. The number of aliphatic carboxylic acids is 1. The van der Waals surface area contributed by atoms with Gasteiger partial charge in [-0.2, -0.15) is 0 Å². The van der Waals surface area contributed by atoms with Gasteiger partial charge in [0.1, 0.15) is 6.04 Å². The molecule has 22 heavy (non-hydrogen) atoms. The molecule has 6 nitrogen and oxygen atoms in total. The van der Waals surface area contributed by atoms with Crippen molar-refractivity contribution in [1.82, 2.24) is 4.90 Å². The normalized spacial score (nSPS) is 20.4. The van der Waals surface area contributed by atoms with E-state index in [1.807, 2.05) is 6.07 Å². The molecule has 0 unspecified atom stereocenters. The Morgan fingerprint density at radius 3 is 2.86 bits per heavy atom. The maximum atomic E-state index is 12.2. The number of hydrogen-bond donors (Lipinski definition) is 1. The van der Waals surface area contributed by atoms with E-state index in [9.17, 15) is 14.7 Å². The zero-order chi connectivity index (χ0) is 15.5. The van der Waals surface area contributed by atoms with E-state index in [1.54, 1.807) is 18.2 Å². The van der Waals surface area contributed by atoms with Crippen LogP contribution in [0.25, 0.3) is 6.08 Å². The first kappa shape index (κ1) is 14.4. The summed E-state index contributed by atoms with van der Waals surface area (Å²) in [5.74, 6) is 0.121. The zero-order valence-corrected chi connectivity index (χ0v) is 12.0. The van der Waals surface area contributed by atoms with Gasteiger partial charge in [0.15, 0.2) is 11.5 Å². The number of amides is 1. The minimum Gasteiger partial charge on any atom is -0.480 e. The van der Waals surface area contributed by atoms with Crippen molar-refractivity contribution in [2.45, 2.75) is 25.3 Å². The number of carboxylic acids is 1. The Kier molecular flexibility index (Phi) is 4.00. The topological polar surface area (TPSA) is 76.1 Å². The molecule has 0 aliphatic carbocycles. The van der Waals surface area contributed by atoms with E-state index in [4.69, 9.17) is 9.47 Å². The van der Waals surface area contributed by atoms with Crippen LogP contribution in [0, 0.1) is 0 Å². The third-order valence-electron chi connectivity index (χ3n) is 3.89. The number of fused-ring (bicyclic) bond motifs is 1. The van der Waals surface area contributed by atoms with Crippen LogP contribution in [0.5, 0.6) is 11.5 Å². The summed E-state index contributed by atoms with van der Waals surface area (Å²) < 4.78 is 10.5. The molecule has 2 aliphatic heterocycles. The van der Waals surface area contributed by atoms with Crippen molar-refractivity contribution in [1.29, 1.82) is 0 Å². The molecule has 0 radical (unpaired) electrons. The standard InChI is InChI=1S/C16H17NO5/c18-15(17-8-2-1-3-12(17)16(19)20)7-5-11-4-6-13-14(9-11)22-10-21-13/h4-7,9,12H,1-3,8,10H2,(H,19,20)/b7-5+/t12-/m1/s1. The Morgan fingerprint density at radius 1 is 1.23 bits per heavy atom. The first-order valence-corrected chi connectivity index (χ1v) is 7.26. The van der Waals surface area contributed by atoms with Crippen molar-refractivity contribution in [2.24, 2.45) is 0 Å². The van der Waals surface area contributed by atoms with Crippen LogP contribution in [0.15, 0.2) is 24.3 Å². The number of hydrogen-bond acceptors (Lipinski definition) is 4. The highest BCUT2D eigenvalue weighted by atomic mass is 16.7. The van der Waals surface area contributed by atoms with Gasteiger partial charge in [-0.1, -0.05) is 6.07 Å². The molecule has 0 bridgehead atoms. The van der Waals surface area contributed by atoms with Crippen LogP contribution in [0.2, 0.25) is 0 Å². The number of rotatable bonds is 3. The second kappa shape index (κ2) is 6.09. The van der Waals surface area contributed by atoms with E-state index < -0.39 is 12.0 Å². The third kappa shape index (κ3) is 2.90. The molecule has 2 heterocycles. The number of likely N-dealkylation sites (tertiary alicyclic amines) is 1. The lowest BCUT2D eigenvalue weighted by Gasteiger charge is -2.32. The summed E-state index contributed by atoms with van der Waals surface area (Å²) >= 11 is 0. The predicted molar refractivity (Wildman–Crippen MR) is 78.6 cm³/mol. The highest BCUT2D eigenvalue weighted by Crippen LogP contribution is 2.32. The van der Waals surface area contributed by atoms with Crippen molar-refractivity contribution in [3.63, 3.8) is 0 Å². The zero-order valence-electron chi connectivity index (χ0n) is 12.0. The SMILES string of the molecule is O=C(O)[C@H]1CCCCN1C(=O)/C=C/c1ccc2c(c1)OCO2. The maximum Gasteiger partial charge on any atom is 0.326 e. The smallest absolute Gasteiger partial charge is 0.326 e. The molecule has 1 atom stereocenters. The molecule has 6 heteroatoms. The first-order valence-electron chi connectivity index (χ1n) is 7.26. The van der Waals surface area contributed by atoms with Gasteiger partial charge in [0.25, 0.3) is 0 Å². The van der Waals surface area contributed by atoms with Crippen LogP contribution in [0.3, 0.4) is 0 Å². The molecule has 0 aromatic heterocycles. The molecule has 1 amide bonds. The molecule has 2 aliphatic rings. The number of ether oxygens (including phenoxy) is 2. The fraction of sp³-hybridized carbons (Fsp3) is 0.375. The number of nitrogens with zero attached hydrogens (tertiary/aromatic N) is 1. The van der Waals surface area contributed by atoms with Gasteiger partial charge in [-0.05, 0) is 43.0 Å². The van der Waals surface area contributed by atoms with E-state index in [1.165, 1.54) is 11.0 Å². The summed E-state index contributed by atoms with van der Waals surface area (Å²) in [6, 6.07) is 4.68. The Morgan fingerprint density at radius 2 is 2.05 bits per heavy atom. The van der Waals surface area contributed by atoms with E-state index in [2.05, 4.69) is 0 Å². The summed E-state index contributed by atoms with van der Waals surface area (Å²) in [6.07, 6.45) is 5.27. The fourth-order valence-corrected chi connectivity index (χ4v) is 2.73. The first-order chi connectivity index (χ1) is 10.6. The van der Waals surface area contributed by atoms with Crippen LogP contribution >= 0.6 is 0 Å². The summed E-state index contributed by atoms with van der Waals surface area (Å²) in [5.41, 5.74) is 0.807. The summed E-state index contributed by atoms with van der Waals surface area (Å²) in [5, 5.41) is 9.20. The predicted octanol–water partition coefficient (Wildman–Crippen LogP) is 1.89. The van der Waals surface area contributed by atoms with Gasteiger partial charge in [0.2, 0.25) is 12.7 Å². The summed E-state index contributed by atoms with van der Waals surface area (Å²) in [4.78, 5) is 24.9. The van der Waals surface area contributed by atoms with E-state index in [0.29, 0.717) is 24.5 Å². The van der Waals surface area contributed by atoms with Crippen LogP contribution in [0.4, 0.5) is 0 Å². The second-order valence-corrected chi connectivity index (χ2v) is 5.33. The number of carbonyl (C=O) groups is 2. The molecule has 1 aromatic rings. The minimum atomic E-state index is -0.940. The molecule has 0 saturated carbocycles. The number of benzene rings is 1. The highest BCUT2D eigenvalue weighted by molar-refractivity contribution is 5.94. The van der Waals surface area contributed by atoms with Gasteiger partial charge in [-0.3, -0.25) is 4.79 Å². The van der Waals surface area contributed by atoms with Crippen molar-refractivity contribution < 1.29 is 24.2 Å². The molecule has 1 fully saturated rings. The highest BCUT2D eigenvalue weighted by Gasteiger charge is 2.30. The lowest BCUT2D eigenvalue weighted by Crippen LogP contribution is -2.47. The molecule has 0 spiro atoms. The van der Waals surface area contributed by atoms with Crippen molar-refractivity contribution in [3.8, 4) is 11.5 Å². The quantitative estimate of drug-likeness (QED) is 0.863. The van der Waals surface area contributed by atoms with Gasteiger partial charge in [0, 0.05) is 12.6 Å². The van der Waals surface area contributed by atoms with Crippen LogP contribution in [0.1, 0.15) is 24.8 Å². The Balaban J connectivity index is 1.71. The minimum absolute atomic E-state index is 0.204. The Bertz CT molecular complexity index is 625. The summed E-state index contributed by atoms with van der Waals surface area (Å²) in [7, 11) is 0. The molecule has 1 aromatic carbocycles. The van der Waals surface area contributed by atoms with Gasteiger partial charge >= 0.3 is 5.97 Å². The van der Waals surface area contributed by atoms with Crippen molar-refractivity contribution in [2.75, 3.05) is 13.3 Å². The van der Waals surface area contributed by atoms with Gasteiger partial charge in [-0.15, -0.1) is 0 Å². The third-order valence-corrected chi connectivity index (χ3v) is 3.89. The van der Waals surface area contributed by atoms with E-state index in [-0.39, 0.29) is 12.7 Å². The molecular formula is C16H17NO5. The average Bonchev–Trinajstić information content (AvgIpc) is 3.00. The molecule has 1 saturated heterocycles. The second-order valence-electron chi connectivity index (χ2n) is 5.33. The number of carboxylic acid groups (broad SMARTS) is 1. The van der Waals surface area contributed by atoms with E-state index in [0.717, 1.165) is 18.4 Å². The van der Waals surface area contributed by atoms with Crippen LogP contribution in [-0.4, -0.2) is 41.3 Å². The Labute approximate surface area is 127 Å². The largest absolute Gasteiger partial charge is 0.480 e. The van der Waals surface area contributed by atoms with E-state index >= 15 is 0 Å². The van der Waals surface area contributed by atoms with Crippen molar-refractivity contribution >= 4 is 18.0 Å². The summed E-state index contributed by atoms with van der Waals surface area (Å²) in [6.45, 7) is 0.691. The molecule has 1 N–H and O–H groups in total. The lowest BCUT2D eigenvalue weighted by molar-refractivity contribution is -0.150. The monoisotopic (exact) mass is 303 g/mol.